The highest BCUT2D eigenvalue weighted by Crippen LogP contribution is 2.42. The van der Waals surface area contributed by atoms with Gasteiger partial charge in [0, 0.05) is 30.7 Å². The van der Waals surface area contributed by atoms with Crippen LogP contribution in [0.5, 0.6) is 0 Å². The van der Waals surface area contributed by atoms with Crippen molar-refractivity contribution in [3.63, 3.8) is 0 Å². The summed E-state index contributed by atoms with van der Waals surface area (Å²) < 4.78 is 5.38. The lowest BCUT2D eigenvalue weighted by atomic mass is 9.64. The Labute approximate surface area is 114 Å². The number of hydrogen-bond acceptors (Lipinski definition) is 3. The van der Waals surface area contributed by atoms with Crippen LogP contribution in [0.25, 0.3) is 0 Å². The van der Waals surface area contributed by atoms with E-state index in [0.29, 0.717) is 12.1 Å². The van der Waals surface area contributed by atoms with Gasteiger partial charge in [-0.25, -0.2) is 0 Å². The molecule has 1 aliphatic carbocycles. The third-order valence-corrected chi connectivity index (χ3v) is 4.22. The molecular weight excluding hydrogens is 240 g/mol. The number of nitrogens with two attached hydrogens (primary N) is 1. The van der Waals surface area contributed by atoms with E-state index in [1.807, 2.05) is 24.3 Å². The van der Waals surface area contributed by atoms with Crippen molar-refractivity contribution in [3.8, 4) is 0 Å². The fraction of sp³-hybridized carbons (Fsp3) is 0.533. The summed E-state index contributed by atoms with van der Waals surface area (Å²) in [6.07, 6.45) is 1.09. The molecule has 1 fully saturated rings. The Hall–Kier alpha value is -1.39. The zero-order valence-corrected chi connectivity index (χ0v) is 11.8. The summed E-state index contributed by atoms with van der Waals surface area (Å²) in [5.74, 6) is -0.0313. The average Bonchev–Trinajstić information content (AvgIpc) is 2.42. The van der Waals surface area contributed by atoms with Crippen LogP contribution in [0, 0.1) is 5.41 Å². The lowest BCUT2D eigenvalue weighted by Gasteiger charge is -2.51. The maximum absolute atomic E-state index is 12.1. The zero-order valence-electron chi connectivity index (χ0n) is 11.8. The smallest absolute Gasteiger partial charge is 0.251 e. The van der Waals surface area contributed by atoms with Crippen LogP contribution in [-0.4, -0.2) is 25.2 Å². The molecule has 3 N–H and O–H groups in total. The lowest BCUT2D eigenvalue weighted by Crippen LogP contribution is -2.61. The highest BCUT2D eigenvalue weighted by Gasteiger charge is 2.49. The first-order chi connectivity index (χ1) is 8.98. The van der Waals surface area contributed by atoms with Crippen LogP contribution in [0.4, 0.5) is 0 Å². The minimum absolute atomic E-state index is 0.0123. The second-order valence-electron chi connectivity index (χ2n) is 5.71. The van der Waals surface area contributed by atoms with Gasteiger partial charge in [-0.2, -0.15) is 0 Å². The molecule has 19 heavy (non-hydrogen) atoms. The van der Waals surface area contributed by atoms with Crippen molar-refractivity contribution in [2.24, 2.45) is 11.1 Å². The average molecular weight is 262 g/mol. The molecule has 4 nitrogen and oxygen atoms in total. The Balaban J connectivity index is 1.98. The van der Waals surface area contributed by atoms with E-state index >= 15 is 0 Å². The molecule has 0 aromatic heterocycles. The predicted molar refractivity (Wildman–Crippen MR) is 74.8 cm³/mol. The quantitative estimate of drug-likeness (QED) is 0.868. The number of hydrogen-bond donors (Lipinski definition) is 2. The van der Waals surface area contributed by atoms with Crippen molar-refractivity contribution < 1.29 is 9.53 Å². The summed E-state index contributed by atoms with van der Waals surface area (Å²) in [7, 11) is 1.72. The lowest BCUT2D eigenvalue weighted by molar-refractivity contribution is -0.0942. The summed E-state index contributed by atoms with van der Waals surface area (Å²) >= 11 is 0. The number of ether oxygens (including phenoxy) is 1. The molecule has 2 atom stereocenters. The Morgan fingerprint density at radius 2 is 2.05 bits per heavy atom. The third-order valence-electron chi connectivity index (χ3n) is 4.22. The largest absolute Gasteiger partial charge is 0.381 e. The molecule has 1 aliphatic rings. The normalized spacial score (nSPS) is 24.6. The van der Waals surface area contributed by atoms with Crippen molar-refractivity contribution in [1.82, 2.24) is 5.32 Å². The third kappa shape index (κ3) is 2.65. The molecule has 1 saturated carbocycles. The Morgan fingerprint density at radius 3 is 2.53 bits per heavy atom. The van der Waals surface area contributed by atoms with Gasteiger partial charge in [0.05, 0.1) is 6.10 Å². The van der Waals surface area contributed by atoms with Crippen LogP contribution in [-0.2, 0) is 11.3 Å². The van der Waals surface area contributed by atoms with E-state index in [9.17, 15) is 4.79 Å². The van der Waals surface area contributed by atoms with Gasteiger partial charge in [-0.15, -0.1) is 0 Å². The Bertz CT molecular complexity index is 454. The molecule has 104 valence electrons. The number of nitrogens with one attached hydrogen (secondary N) is 1. The molecule has 2 unspecified atom stereocenters. The zero-order chi connectivity index (χ0) is 14.0. The number of amides is 1. The molecule has 1 amide bonds. The molecule has 1 aromatic carbocycles. The molecule has 4 heteroatoms. The maximum atomic E-state index is 12.1. The number of rotatable bonds is 4. The van der Waals surface area contributed by atoms with Gasteiger partial charge in [0.25, 0.3) is 5.91 Å². The van der Waals surface area contributed by atoms with Crippen LogP contribution in [0.1, 0.15) is 36.2 Å². The van der Waals surface area contributed by atoms with Gasteiger partial charge in [-0.3, -0.25) is 4.79 Å². The topological polar surface area (TPSA) is 64.3 Å². The first-order valence-corrected chi connectivity index (χ1v) is 6.61. The first kappa shape index (κ1) is 14.0. The van der Waals surface area contributed by atoms with Gasteiger partial charge in [0.15, 0.2) is 0 Å². The standard InChI is InChI=1S/C15H22N2O2/c1-15(2)12(8-13(15)19-3)17-14(18)11-6-4-10(9-16)5-7-11/h4-7,12-13H,8-9,16H2,1-3H3,(H,17,18). The van der Waals surface area contributed by atoms with Gasteiger partial charge < -0.3 is 15.8 Å². The summed E-state index contributed by atoms with van der Waals surface area (Å²) in [6.45, 7) is 4.73. The van der Waals surface area contributed by atoms with Crippen LogP contribution in [0.3, 0.4) is 0 Å². The number of benzene rings is 1. The summed E-state index contributed by atoms with van der Waals surface area (Å²) in [5.41, 5.74) is 7.23. The van der Waals surface area contributed by atoms with Crippen molar-refractivity contribution in [3.05, 3.63) is 35.4 Å². The Kier molecular flexibility index (Phi) is 3.92. The summed E-state index contributed by atoms with van der Waals surface area (Å²) in [6, 6.07) is 7.57. The van der Waals surface area contributed by atoms with Crippen LogP contribution >= 0.6 is 0 Å². The van der Waals surface area contributed by atoms with Gasteiger partial charge in [-0.1, -0.05) is 26.0 Å². The second-order valence-corrected chi connectivity index (χ2v) is 5.71. The molecule has 0 radical (unpaired) electrons. The number of methoxy groups -OCH3 is 1. The summed E-state index contributed by atoms with van der Waals surface area (Å²) in [5, 5.41) is 3.07. The van der Waals surface area contributed by atoms with E-state index in [0.717, 1.165) is 12.0 Å². The molecule has 0 heterocycles. The fourth-order valence-corrected chi connectivity index (χ4v) is 2.56. The first-order valence-electron chi connectivity index (χ1n) is 6.61. The van der Waals surface area contributed by atoms with Crippen molar-refractivity contribution in [2.45, 2.75) is 39.0 Å². The minimum Gasteiger partial charge on any atom is -0.381 e. The van der Waals surface area contributed by atoms with Crippen LogP contribution < -0.4 is 11.1 Å². The van der Waals surface area contributed by atoms with Gasteiger partial charge in [0.2, 0.25) is 0 Å². The maximum Gasteiger partial charge on any atom is 0.251 e. The number of carbonyl (C=O) groups excluding carboxylic acids is 1. The predicted octanol–water partition coefficient (Wildman–Crippen LogP) is 1.69. The van der Waals surface area contributed by atoms with Gasteiger partial charge in [0.1, 0.15) is 0 Å². The second kappa shape index (κ2) is 5.31. The van der Waals surface area contributed by atoms with E-state index < -0.39 is 0 Å². The highest BCUT2D eigenvalue weighted by molar-refractivity contribution is 5.94. The SMILES string of the molecule is COC1CC(NC(=O)c2ccc(CN)cc2)C1(C)C. The molecule has 0 spiro atoms. The molecule has 0 bridgehead atoms. The van der Waals surface area contributed by atoms with E-state index in [4.69, 9.17) is 10.5 Å². The molecule has 1 aromatic rings. The fourth-order valence-electron chi connectivity index (χ4n) is 2.56. The molecular formula is C15H22N2O2. The molecule has 0 aliphatic heterocycles. The van der Waals surface area contributed by atoms with E-state index in [2.05, 4.69) is 19.2 Å². The highest BCUT2D eigenvalue weighted by atomic mass is 16.5. The minimum atomic E-state index is -0.0313. The van der Waals surface area contributed by atoms with E-state index in [1.165, 1.54) is 0 Å². The Morgan fingerprint density at radius 1 is 1.42 bits per heavy atom. The van der Waals surface area contributed by atoms with Crippen LogP contribution in [0.2, 0.25) is 0 Å². The van der Waals surface area contributed by atoms with Crippen LogP contribution in [0.15, 0.2) is 24.3 Å². The number of carbonyl (C=O) groups is 1. The monoisotopic (exact) mass is 262 g/mol. The van der Waals surface area contributed by atoms with Gasteiger partial charge in [-0.05, 0) is 24.1 Å². The molecule has 2 rings (SSSR count). The van der Waals surface area contributed by atoms with E-state index in [-0.39, 0.29) is 23.5 Å². The van der Waals surface area contributed by atoms with E-state index in [1.54, 1.807) is 7.11 Å². The molecule has 0 saturated heterocycles. The van der Waals surface area contributed by atoms with Gasteiger partial charge >= 0.3 is 0 Å². The van der Waals surface area contributed by atoms with Crippen molar-refractivity contribution in [2.75, 3.05) is 7.11 Å². The van der Waals surface area contributed by atoms with Crippen molar-refractivity contribution >= 4 is 5.91 Å². The summed E-state index contributed by atoms with van der Waals surface area (Å²) in [4.78, 5) is 12.1. The van der Waals surface area contributed by atoms with Crippen molar-refractivity contribution in [1.29, 1.82) is 0 Å².